The highest BCUT2D eigenvalue weighted by molar-refractivity contribution is 6.02. The summed E-state index contributed by atoms with van der Waals surface area (Å²) in [4.78, 5) is 21.4. The molecule has 7 rings (SSSR count). The number of H-pyrrole nitrogens is 1. The van der Waals surface area contributed by atoms with Crippen molar-refractivity contribution >= 4 is 33.4 Å². The van der Waals surface area contributed by atoms with E-state index in [9.17, 15) is 17.6 Å². The van der Waals surface area contributed by atoms with Gasteiger partial charge >= 0.3 is 12.2 Å². The number of hydrogen-bond acceptors (Lipinski definition) is 10. The Balaban J connectivity index is 1.48. The number of aromatic nitrogens is 6. The Hall–Kier alpha value is -5.12. The highest BCUT2D eigenvalue weighted by Gasteiger charge is 2.40. The molecule has 4 aromatic heterocycles. The Morgan fingerprint density at radius 1 is 1.18 bits per heavy atom. The number of anilines is 2. The molecule has 0 bridgehead atoms. The number of nitrogens with two attached hydrogens (primary N) is 1. The number of hydrogen-bond donors (Lipinski definition) is 2. The molecule has 6 heterocycles. The number of alkyl halides is 3. The van der Waals surface area contributed by atoms with Crippen LogP contribution in [0.15, 0.2) is 36.2 Å². The summed E-state index contributed by atoms with van der Waals surface area (Å²) in [6.07, 6.45) is 0.125. The fraction of sp³-hybridized carbons (Fsp3) is 0.382. The third-order valence-corrected chi connectivity index (χ3v) is 9.53. The topological polar surface area (TPSA) is 131 Å². The molecule has 1 fully saturated rings. The van der Waals surface area contributed by atoms with E-state index < -0.39 is 46.7 Å². The molecule has 1 saturated heterocycles. The van der Waals surface area contributed by atoms with Crippen LogP contribution in [0.3, 0.4) is 0 Å². The van der Waals surface area contributed by atoms with E-state index in [-0.39, 0.29) is 70.2 Å². The summed E-state index contributed by atoms with van der Waals surface area (Å²) in [5, 5.41) is 6.63. The molecule has 0 saturated carbocycles. The van der Waals surface area contributed by atoms with Gasteiger partial charge in [0.25, 0.3) is 0 Å². The minimum absolute atomic E-state index is 0.0107. The summed E-state index contributed by atoms with van der Waals surface area (Å²) in [5.74, 6) is -1.72. The Bertz CT molecular complexity index is 2170. The fourth-order valence-electron chi connectivity index (χ4n) is 7.00. The number of aromatic amines is 1. The lowest BCUT2D eigenvalue weighted by atomic mass is 9.94. The molecule has 1 aromatic carbocycles. The first-order valence-corrected chi connectivity index (χ1v) is 16.0. The Labute approximate surface area is 283 Å². The van der Waals surface area contributed by atoms with Gasteiger partial charge in [-0.1, -0.05) is 11.6 Å². The summed E-state index contributed by atoms with van der Waals surface area (Å²) >= 11 is 0. The molecule has 3 atom stereocenters. The number of fused-ring (bicyclic) bond motifs is 1. The van der Waals surface area contributed by atoms with Gasteiger partial charge in [-0.3, -0.25) is 10.00 Å². The predicted molar refractivity (Wildman–Crippen MR) is 177 cm³/mol. The van der Waals surface area contributed by atoms with E-state index in [1.54, 1.807) is 18.7 Å². The fourth-order valence-corrected chi connectivity index (χ4v) is 7.00. The van der Waals surface area contributed by atoms with E-state index in [1.807, 2.05) is 20.0 Å². The van der Waals surface area contributed by atoms with Gasteiger partial charge < -0.3 is 20.1 Å². The maximum absolute atomic E-state index is 17.1. The van der Waals surface area contributed by atoms with Crippen LogP contribution in [0.1, 0.15) is 49.9 Å². The molecule has 50 heavy (non-hydrogen) atoms. The van der Waals surface area contributed by atoms with Gasteiger partial charge in [-0.05, 0) is 58.9 Å². The first-order chi connectivity index (χ1) is 23.8. The third kappa shape index (κ3) is 5.60. The van der Waals surface area contributed by atoms with Gasteiger partial charge in [-0.15, -0.1) is 0 Å². The first kappa shape index (κ1) is 33.4. The minimum Gasteiger partial charge on any atom is -0.475 e. The van der Waals surface area contributed by atoms with Gasteiger partial charge in [0.1, 0.15) is 47.3 Å². The van der Waals surface area contributed by atoms with Gasteiger partial charge in [0.05, 0.1) is 35.6 Å². The molecule has 2 aliphatic rings. The molecule has 16 heteroatoms. The van der Waals surface area contributed by atoms with Gasteiger partial charge in [-0.2, -0.15) is 28.2 Å². The van der Waals surface area contributed by atoms with Crippen LogP contribution in [0.25, 0.3) is 33.1 Å². The largest absolute Gasteiger partial charge is 0.475 e. The van der Waals surface area contributed by atoms with Crippen LogP contribution in [0.4, 0.5) is 33.6 Å². The Morgan fingerprint density at radius 2 is 1.96 bits per heavy atom. The van der Waals surface area contributed by atoms with Crippen molar-refractivity contribution < 1.29 is 31.4 Å². The van der Waals surface area contributed by atoms with Crippen molar-refractivity contribution in [2.24, 2.45) is 0 Å². The number of halogens is 5. The molecule has 0 spiro atoms. The molecule has 0 radical (unpaired) electrons. The molecule has 11 nitrogen and oxygen atoms in total. The van der Waals surface area contributed by atoms with Crippen molar-refractivity contribution in [2.75, 3.05) is 37.4 Å². The second-order valence-electron chi connectivity index (χ2n) is 12.8. The number of allylic oxidation sites excluding steroid dienone is 1. The minimum atomic E-state index is -4.87. The third-order valence-electron chi connectivity index (χ3n) is 9.53. The number of aryl methyl sites for hydroxylation is 1. The normalized spacial score (nSPS) is 19.7. The number of ether oxygens (including phenoxy) is 2. The van der Waals surface area contributed by atoms with Gasteiger partial charge in [0.2, 0.25) is 5.88 Å². The molecule has 0 amide bonds. The van der Waals surface area contributed by atoms with Crippen LogP contribution in [-0.4, -0.2) is 73.9 Å². The summed E-state index contributed by atoms with van der Waals surface area (Å²) in [6.45, 7) is 7.67. The van der Waals surface area contributed by atoms with Crippen molar-refractivity contribution in [2.45, 2.75) is 58.4 Å². The molecule has 5 aromatic rings. The molecule has 0 aliphatic carbocycles. The van der Waals surface area contributed by atoms with Crippen LogP contribution in [-0.2, 0) is 6.18 Å². The summed E-state index contributed by atoms with van der Waals surface area (Å²) in [6, 6.07) is 1.13. The standard InChI is InChI=1S/C34H34F5N9O2/c1-6-18-8-20(47(5)12-18)14-50-33-44-29-25-31(45-33)48(17(4)21-9-19(35)10-41-30(21)40)16(3)13-49-32(25)43-28(27(29)36)24-22-11-42-46-23(22)7-15(2)26(24)34(37,38)39/h6-7,9-11,16-17,20H,8,12-14H2,1-5H3,(H2,40,41)(H,42,46)/b18-6+/t16-,17+,20-/m0/s1. The second kappa shape index (κ2) is 12.3. The van der Waals surface area contributed by atoms with Crippen LogP contribution >= 0.6 is 0 Å². The molecular weight excluding hydrogens is 661 g/mol. The van der Waals surface area contributed by atoms with Crippen molar-refractivity contribution in [3.05, 3.63) is 64.5 Å². The SMILES string of the molecule is C/C=C1\C[C@@H](COc2nc3c4c(nc(-c5c(C(F)(F)F)c(C)cc6[nH]ncc56)c(F)c4n2)OC[C@H](C)N3[C@H](C)c2cc(F)cnc2N)N(C)C1. The van der Waals surface area contributed by atoms with E-state index in [0.717, 1.165) is 19.2 Å². The van der Waals surface area contributed by atoms with Crippen LogP contribution in [0, 0.1) is 18.6 Å². The highest BCUT2D eigenvalue weighted by Crippen LogP contribution is 2.47. The van der Waals surface area contributed by atoms with Crippen molar-refractivity contribution in [1.29, 1.82) is 0 Å². The maximum atomic E-state index is 17.1. The lowest BCUT2D eigenvalue weighted by molar-refractivity contribution is -0.137. The highest BCUT2D eigenvalue weighted by atomic mass is 19.4. The van der Waals surface area contributed by atoms with Gasteiger partial charge in [0.15, 0.2) is 5.82 Å². The zero-order valence-electron chi connectivity index (χ0n) is 27.9. The van der Waals surface area contributed by atoms with E-state index in [1.165, 1.54) is 30.8 Å². The number of likely N-dealkylation sites (N-methyl/N-ethyl adjacent to an activating group) is 1. The van der Waals surface area contributed by atoms with Crippen molar-refractivity contribution in [3.63, 3.8) is 0 Å². The van der Waals surface area contributed by atoms with Crippen LogP contribution in [0.2, 0.25) is 0 Å². The smallest absolute Gasteiger partial charge is 0.417 e. The van der Waals surface area contributed by atoms with E-state index >= 15 is 4.39 Å². The zero-order valence-corrected chi connectivity index (χ0v) is 27.9. The molecule has 262 valence electrons. The Morgan fingerprint density at radius 3 is 2.68 bits per heavy atom. The number of benzene rings is 1. The summed E-state index contributed by atoms with van der Waals surface area (Å²) in [7, 11) is 1.96. The van der Waals surface area contributed by atoms with Crippen molar-refractivity contribution in [1.82, 2.24) is 35.0 Å². The van der Waals surface area contributed by atoms with Crippen molar-refractivity contribution in [3.8, 4) is 23.1 Å². The first-order valence-electron chi connectivity index (χ1n) is 16.0. The average molecular weight is 696 g/mol. The summed E-state index contributed by atoms with van der Waals surface area (Å²) < 4.78 is 87.9. The monoisotopic (exact) mass is 695 g/mol. The summed E-state index contributed by atoms with van der Waals surface area (Å²) in [5.41, 5.74) is 5.32. The van der Waals surface area contributed by atoms with E-state index in [0.29, 0.717) is 5.56 Å². The second-order valence-corrected chi connectivity index (χ2v) is 12.8. The zero-order chi connectivity index (χ0) is 35.6. The quantitative estimate of drug-likeness (QED) is 0.149. The molecule has 3 N–H and O–H groups in total. The van der Waals surface area contributed by atoms with Gasteiger partial charge in [0, 0.05) is 29.1 Å². The van der Waals surface area contributed by atoms with E-state index in [4.69, 9.17) is 20.2 Å². The number of nitrogens with one attached hydrogen (secondary N) is 1. The average Bonchev–Trinajstić information content (AvgIpc) is 3.65. The Kier molecular flexibility index (Phi) is 8.23. The number of likely N-dealkylation sites (tertiary alicyclic amines) is 1. The lowest BCUT2D eigenvalue weighted by Gasteiger charge is -2.35. The predicted octanol–water partition coefficient (Wildman–Crippen LogP) is 6.53. The van der Waals surface area contributed by atoms with Crippen LogP contribution in [0.5, 0.6) is 11.9 Å². The number of pyridine rings is 2. The molecule has 0 unspecified atom stereocenters. The number of nitrogens with zero attached hydrogens (tertiary/aromatic N) is 7. The molecular formula is C34H34F5N9O2. The van der Waals surface area contributed by atoms with Gasteiger partial charge in [-0.25, -0.2) is 18.7 Å². The number of rotatable bonds is 6. The lowest BCUT2D eigenvalue weighted by Crippen LogP contribution is -2.39. The maximum Gasteiger partial charge on any atom is 0.417 e. The van der Waals surface area contributed by atoms with E-state index in [2.05, 4.69) is 30.0 Å². The molecule has 2 aliphatic heterocycles. The number of nitrogen functional groups attached to an aromatic ring is 1. The van der Waals surface area contributed by atoms with Crippen LogP contribution < -0.4 is 20.1 Å².